The molecule has 0 radical (unpaired) electrons. The van der Waals surface area contributed by atoms with E-state index in [-0.39, 0.29) is 23.2 Å². The lowest BCUT2D eigenvalue weighted by atomic mass is 9.79. The average molecular weight is 267 g/mol. The minimum atomic E-state index is -0.738. The first-order chi connectivity index (χ1) is 8.58. The average Bonchev–Trinajstić information content (AvgIpc) is 2.86. The zero-order valence-electron chi connectivity index (χ0n) is 11.1. The molecule has 2 aliphatic rings. The standard InChI is InChI=1S/C13H21N3OS/c1-3-5-9(4-2)13(15)6-11-16(12(13)17)10(7-14)8-18-11/h9-11H,3-6,8,15H2,1-2H3/t9?,10-,11+,13+/m1/s1. The highest BCUT2D eigenvalue weighted by Crippen LogP contribution is 2.45. The summed E-state index contributed by atoms with van der Waals surface area (Å²) in [7, 11) is 0. The van der Waals surface area contributed by atoms with Crippen LogP contribution in [0.25, 0.3) is 0 Å². The van der Waals surface area contributed by atoms with Gasteiger partial charge in [0.1, 0.15) is 11.6 Å². The van der Waals surface area contributed by atoms with Crippen LogP contribution in [-0.2, 0) is 4.79 Å². The molecule has 4 atom stereocenters. The number of hydrogen-bond acceptors (Lipinski definition) is 4. The lowest BCUT2D eigenvalue weighted by Gasteiger charge is -2.32. The van der Waals surface area contributed by atoms with Gasteiger partial charge in [-0.1, -0.05) is 26.7 Å². The smallest absolute Gasteiger partial charge is 0.245 e. The van der Waals surface area contributed by atoms with Gasteiger partial charge < -0.3 is 10.6 Å². The molecule has 100 valence electrons. The van der Waals surface area contributed by atoms with Crippen molar-refractivity contribution in [2.75, 3.05) is 5.75 Å². The Bertz CT molecular complexity index is 381. The van der Waals surface area contributed by atoms with Crippen LogP contribution in [0.1, 0.15) is 39.5 Å². The lowest BCUT2D eigenvalue weighted by Crippen LogP contribution is -2.54. The molecule has 1 amide bonds. The molecular weight excluding hydrogens is 246 g/mol. The van der Waals surface area contributed by atoms with Crippen molar-refractivity contribution in [3.05, 3.63) is 0 Å². The van der Waals surface area contributed by atoms with Crippen LogP contribution in [0.15, 0.2) is 0 Å². The minimum absolute atomic E-state index is 0.00403. The van der Waals surface area contributed by atoms with E-state index >= 15 is 0 Å². The summed E-state index contributed by atoms with van der Waals surface area (Å²) in [5, 5.41) is 9.23. The molecule has 18 heavy (non-hydrogen) atoms. The molecule has 1 unspecified atom stereocenters. The topological polar surface area (TPSA) is 70.1 Å². The Morgan fingerprint density at radius 2 is 2.39 bits per heavy atom. The van der Waals surface area contributed by atoms with Crippen LogP contribution in [0, 0.1) is 17.2 Å². The van der Waals surface area contributed by atoms with Gasteiger partial charge in [0.15, 0.2) is 0 Å². The maximum Gasteiger partial charge on any atom is 0.245 e. The highest BCUT2D eigenvalue weighted by molar-refractivity contribution is 8.00. The molecule has 4 nitrogen and oxygen atoms in total. The van der Waals surface area contributed by atoms with Crippen molar-refractivity contribution in [1.82, 2.24) is 4.90 Å². The van der Waals surface area contributed by atoms with Gasteiger partial charge in [0, 0.05) is 12.2 Å². The Labute approximate surface area is 113 Å². The van der Waals surface area contributed by atoms with Gasteiger partial charge in [-0.05, 0) is 12.3 Å². The molecule has 2 aliphatic heterocycles. The number of rotatable bonds is 4. The van der Waals surface area contributed by atoms with Gasteiger partial charge >= 0.3 is 0 Å². The second-order valence-electron chi connectivity index (χ2n) is 5.28. The van der Waals surface area contributed by atoms with Gasteiger partial charge in [-0.3, -0.25) is 4.79 Å². The fourth-order valence-electron chi connectivity index (χ4n) is 3.22. The van der Waals surface area contributed by atoms with Crippen molar-refractivity contribution in [1.29, 1.82) is 5.26 Å². The number of nitrogens with two attached hydrogens (primary N) is 1. The van der Waals surface area contributed by atoms with Crippen LogP contribution in [0.3, 0.4) is 0 Å². The number of thioether (sulfide) groups is 1. The van der Waals surface area contributed by atoms with E-state index in [2.05, 4.69) is 19.9 Å². The summed E-state index contributed by atoms with van der Waals surface area (Å²) in [6, 6.07) is 1.94. The third-order valence-electron chi connectivity index (χ3n) is 4.25. The van der Waals surface area contributed by atoms with Gasteiger partial charge in [0.2, 0.25) is 5.91 Å². The van der Waals surface area contributed by atoms with Crippen molar-refractivity contribution in [2.45, 2.75) is 56.5 Å². The van der Waals surface area contributed by atoms with E-state index in [1.54, 1.807) is 16.7 Å². The highest BCUT2D eigenvalue weighted by atomic mass is 32.2. The fourth-order valence-corrected chi connectivity index (χ4v) is 4.66. The molecule has 2 heterocycles. The zero-order valence-corrected chi connectivity index (χ0v) is 11.9. The van der Waals surface area contributed by atoms with Crippen molar-refractivity contribution in [3.8, 4) is 6.07 Å². The first-order valence-corrected chi connectivity index (χ1v) is 7.76. The van der Waals surface area contributed by atoms with Gasteiger partial charge in [0.05, 0.1) is 11.4 Å². The number of nitriles is 1. The van der Waals surface area contributed by atoms with Crippen LogP contribution in [0.2, 0.25) is 0 Å². The predicted molar refractivity (Wildman–Crippen MR) is 72.7 cm³/mol. The van der Waals surface area contributed by atoms with Gasteiger partial charge in [0.25, 0.3) is 0 Å². The molecule has 0 spiro atoms. The number of amides is 1. The number of carbonyl (C=O) groups is 1. The second kappa shape index (κ2) is 5.10. The van der Waals surface area contributed by atoms with Crippen molar-refractivity contribution >= 4 is 17.7 Å². The molecule has 0 aromatic rings. The monoisotopic (exact) mass is 267 g/mol. The maximum absolute atomic E-state index is 12.6. The molecular formula is C13H21N3OS. The summed E-state index contributed by atoms with van der Waals surface area (Å²) in [6.45, 7) is 4.22. The first kappa shape index (κ1) is 13.7. The third-order valence-corrected chi connectivity index (χ3v) is 5.53. The molecule has 2 rings (SSSR count). The van der Waals surface area contributed by atoms with Gasteiger partial charge in [-0.2, -0.15) is 5.26 Å². The molecule has 0 saturated carbocycles. The van der Waals surface area contributed by atoms with E-state index < -0.39 is 5.54 Å². The van der Waals surface area contributed by atoms with E-state index in [0.29, 0.717) is 6.42 Å². The van der Waals surface area contributed by atoms with E-state index in [1.807, 2.05) is 0 Å². The second-order valence-corrected chi connectivity index (χ2v) is 6.49. The third kappa shape index (κ3) is 1.92. The van der Waals surface area contributed by atoms with Gasteiger partial charge in [-0.25, -0.2) is 0 Å². The Balaban J connectivity index is 2.22. The molecule has 2 saturated heterocycles. The van der Waals surface area contributed by atoms with E-state index in [9.17, 15) is 4.79 Å². The van der Waals surface area contributed by atoms with Crippen molar-refractivity contribution in [3.63, 3.8) is 0 Å². The molecule has 5 heteroatoms. The Morgan fingerprint density at radius 1 is 1.67 bits per heavy atom. The molecule has 0 bridgehead atoms. The first-order valence-electron chi connectivity index (χ1n) is 6.71. The van der Waals surface area contributed by atoms with Crippen LogP contribution in [0.4, 0.5) is 0 Å². The molecule has 0 aromatic heterocycles. The summed E-state index contributed by atoms with van der Waals surface area (Å²) in [5.41, 5.74) is 5.70. The van der Waals surface area contributed by atoms with E-state index in [4.69, 9.17) is 11.0 Å². The van der Waals surface area contributed by atoms with Crippen LogP contribution < -0.4 is 5.73 Å². The van der Waals surface area contributed by atoms with Crippen LogP contribution in [-0.4, -0.2) is 33.5 Å². The SMILES string of the molecule is CCCC(CC)[C@@]1(N)C[C@@H]2SC[C@@H](C#N)N2C1=O. The summed E-state index contributed by atoms with van der Waals surface area (Å²) < 4.78 is 0. The number of carbonyl (C=O) groups excluding carboxylic acids is 1. The Morgan fingerprint density at radius 3 is 2.94 bits per heavy atom. The molecule has 2 fully saturated rings. The number of hydrogen-bond donors (Lipinski definition) is 1. The largest absolute Gasteiger partial charge is 0.317 e. The highest BCUT2D eigenvalue weighted by Gasteiger charge is 2.57. The summed E-state index contributed by atoms with van der Waals surface area (Å²) >= 11 is 1.70. The van der Waals surface area contributed by atoms with Crippen LogP contribution in [0.5, 0.6) is 0 Å². The normalized spacial score (nSPS) is 36.6. The predicted octanol–water partition coefficient (Wildman–Crippen LogP) is 1.71. The quantitative estimate of drug-likeness (QED) is 0.841. The minimum Gasteiger partial charge on any atom is -0.317 e. The summed E-state index contributed by atoms with van der Waals surface area (Å²) in [4.78, 5) is 14.3. The van der Waals surface area contributed by atoms with Crippen molar-refractivity contribution in [2.24, 2.45) is 11.7 Å². The lowest BCUT2D eigenvalue weighted by molar-refractivity contribution is -0.134. The van der Waals surface area contributed by atoms with E-state index in [1.165, 1.54) is 0 Å². The zero-order chi connectivity index (χ0) is 13.3. The molecule has 0 aliphatic carbocycles. The summed E-state index contributed by atoms with van der Waals surface area (Å²) in [6.07, 6.45) is 3.66. The fraction of sp³-hybridized carbons (Fsp3) is 0.846. The molecule has 2 N–H and O–H groups in total. The Kier molecular flexibility index (Phi) is 3.88. The van der Waals surface area contributed by atoms with Crippen LogP contribution >= 0.6 is 11.8 Å². The van der Waals surface area contributed by atoms with E-state index in [0.717, 1.165) is 25.0 Å². The number of fused-ring (bicyclic) bond motifs is 1. The van der Waals surface area contributed by atoms with Gasteiger partial charge in [-0.15, -0.1) is 11.8 Å². The summed E-state index contributed by atoms with van der Waals surface area (Å²) in [5.74, 6) is 0.970. The number of nitrogens with zero attached hydrogens (tertiary/aromatic N) is 2. The Hall–Kier alpha value is -0.730. The van der Waals surface area contributed by atoms with Crippen molar-refractivity contribution < 1.29 is 4.79 Å². The molecule has 0 aromatic carbocycles. The maximum atomic E-state index is 12.6.